The maximum absolute atomic E-state index is 12.7. The largest absolute Gasteiger partial charge is 0.483 e. The Morgan fingerprint density at radius 2 is 1.86 bits per heavy atom. The molecule has 7 heteroatoms. The number of aromatic nitrogens is 2. The molecule has 0 bridgehead atoms. The smallest absolute Gasteiger partial charge is 0.410 e. The van der Waals surface area contributed by atoms with E-state index in [1.54, 1.807) is 15.8 Å². The molecule has 28 heavy (non-hydrogen) atoms. The zero-order valence-corrected chi connectivity index (χ0v) is 16.5. The Balaban J connectivity index is 1.48. The number of rotatable bonds is 1. The molecule has 2 aliphatic heterocycles. The average molecular weight is 383 g/mol. The molecule has 1 fully saturated rings. The molecule has 1 aromatic carbocycles. The minimum atomic E-state index is -0.576. The topological polar surface area (TPSA) is 73.7 Å². The van der Waals surface area contributed by atoms with E-state index in [0.29, 0.717) is 37.4 Å². The Bertz CT molecular complexity index is 890. The van der Waals surface area contributed by atoms with Gasteiger partial charge in [0.25, 0.3) is 0 Å². The van der Waals surface area contributed by atoms with Crippen LogP contribution in [0.2, 0.25) is 0 Å². The normalized spacial score (nSPS) is 18.5. The lowest BCUT2D eigenvalue weighted by Gasteiger charge is -2.43. The Morgan fingerprint density at radius 1 is 1.18 bits per heavy atom. The first-order valence-electron chi connectivity index (χ1n) is 9.60. The van der Waals surface area contributed by atoms with Gasteiger partial charge >= 0.3 is 6.09 Å². The van der Waals surface area contributed by atoms with E-state index in [1.165, 1.54) is 0 Å². The van der Waals surface area contributed by atoms with Crippen LogP contribution < -0.4 is 4.74 Å². The van der Waals surface area contributed by atoms with E-state index in [2.05, 4.69) is 5.10 Å². The first kappa shape index (κ1) is 18.5. The highest BCUT2D eigenvalue weighted by molar-refractivity contribution is 5.98. The van der Waals surface area contributed by atoms with E-state index in [4.69, 9.17) is 9.47 Å². The maximum Gasteiger partial charge on any atom is 0.410 e. The number of Topliss-reactive ketones (excluding diaryl/α,β-unsaturated/α-hetero) is 1. The zero-order chi connectivity index (χ0) is 19.9. The number of para-hydroxylation sites is 1. The number of nitrogens with zero attached hydrogens (tertiary/aromatic N) is 3. The predicted molar refractivity (Wildman–Crippen MR) is 103 cm³/mol. The van der Waals surface area contributed by atoms with Crippen molar-refractivity contribution in [2.45, 2.75) is 51.2 Å². The second-order valence-corrected chi connectivity index (χ2v) is 8.47. The van der Waals surface area contributed by atoms with Crippen molar-refractivity contribution in [1.29, 1.82) is 0 Å². The van der Waals surface area contributed by atoms with Crippen molar-refractivity contribution in [2.24, 2.45) is 0 Å². The van der Waals surface area contributed by atoms with Gasteiger partial charge in [-0.2, -0.15) is 5.10 Å². The Hall–Kier alpha value is -2.83. The number of ketones is 1. The summed E-state index contributed by atoms with van der Waals surface area (Å²) in [7, 11) is 0. The predicted octanol–water partition coefficient (Wildman–Crippen LogP) is 3.61. The Kier molecular flexibility index (Phi) is 4.40. The summed E-state index contributed by atoms with van der Waals surface area (Å²) in [5.41, 5.74) is 0.156. The van der Waals surface area contributed by atoms with E-state index in [-0.39, 0.29) is 18.3 Å². The Labute approximate surface area is 164 Å². The van der Waals surface area contributed by atoms with Gasteiger partial charge in [0.1, 0.15) is 11.2 Å². The van der Waals surface area contributed by atoms with Gasteiger partial charge in [-0.15, -0.1) is 0 Å². The van der Waals surface area contributed by atoms with Gasteiger partial charge in [-0.3, -0.25) is 4.79 Å². The lowest BCUT2D eigenvalue weighted by Crippen LogP contribution is -2.52. The number of piperidine rings is 1. The van der Waals surface area contributed by atoms with Gasteiger partial charge in [0.15, 0.2) is 17.2 Å². The molecule has 2 aliphatic rings. The number of amides is 1. The van der Waals surface area contributed by atoms with Crippen LogP contribution in [0.15, 0.2) is 36.5 Å². The molecule has 0 atom stereocenters. The number of hydrogen-bond acceptors (Lipinski definition) is 5. The molecule has 0 radical (unpaired) electrons. The second-order valence-electron chi connectivity index (χ2n) is 8.47. The summed E-state index contributed by atoms with van der Waals surface area (Å²) in [6, 6.07) is 9.64. The van der Waals surface area contributed by atoms with Crippen molar-refractivity contribution in [3.05, 3.63) is 42.2 Å². The monoisotopic (exact) mass is 383 g/mol. The summed E-state index contributed by atoms with van der Waals surface area (Å²) in [4.78, 5) is 26.7. The van der Waals surface area contributed by atoms with Crippen molar-refractivity contribution >= 4 is 11.9 Å². The Morgan fingerprint density at radius 3 is 2.50 bits per heavy atom. The number of carbonyl (C=O) groups excluding carboxylic acids is 2. The van der Waals surface area contributed by atoms with Crippen LogP contribution in [0, 0.1) is 0 Å². The van der Waals surface area contributed by atoms with E-state index >= 15 is 0 Å². The summed E-state index contributed by atoms with van der Waals surface area (Å²) in [6.45, 7) is 6.57. The molecule has 1 saturated heterocycles. The molecule has 0 saturated carbocycles. The van der Waals surface area contributed by atoms with Crippen LogP contribution >= 0.6 is 0 Å². The summed E-state index contributed by atoms with van der Waals surface area (Å²) in [6.07, 6.45) is 2.92. The maximum atomic E-state index is 12.7. The minimum absolute atomic E-state index is 0.0124. The molecule has 0 N–H and O–H groups in total. The third kappa shape index (κ3) is 3.61. The van der Waals surface area contributed by atoms with Crippen LogP contribution in [0.5, 0.6) is 5.75 Å². The quantitative estimate of drug-likeness (QED) is 0.752. The van der Waals surface area contributed by atoms with Crippen LogP contribution in [0.25, 0.3) is 5.69 Å². The van der Waals surface area contributed by atoms with Crippen molar-refractivity contribution < 1.29 is 19.1 Å². The van der Waals surface area contributed by atoms with Gasteiger partial charge in [0.2, 0.25) is 0 Å². The van der Waals surface area contributed by atoms with Gasteiger partial charge in [0.05, 0.1) is 18.3 Å². The number of ether oxygens (including phenoxy) is 2. The SMILES string of the molecule is CC(C)(C)OC(=O)N1CCC2(CC1)CC(=O)c1nn(-c3ccccc3)cc1O2. The van der Waals surface area contributed by atoms with Crippen LogP contribution in [-0.4, -0.2) is 50.8 Å². The van der Waals surface area contributed by atoms with Crippen molar-refractivity contribution in [3.63, 3.8) is 0 Å². The molecular weight excluding hydrogens is 358 g/mol. The highest BCUT2D eigenvalue weighted by Gasteiger charge is 2.45. The first-order chi connectivity index (χ1) is 13.2. The van der Waals surface area contributed by atoms with Crippen LogP contribution in [-0.2, 0) is 4.74 Å². The van der Waals surface area contributed by atoms with Gasteiger partial charge in [-0.25, -0.2) is 9.48 Å². The van der Waals surface area contributed by atoms with E-state index in [0.717, 1.165) is 5.69 Å². The van der Waals surface area contributed by atoms with E-state index in [1.807, 2.05) is 51.1 Å². The fraction of sp³-hybridized carbons (Fsp3) is 0.476. The summed E-state index contributed by atoms with van der Waals surface area (Å²) < 4.78 is 13.4. The number of carbonyl (C=O) groups is 2. The van der Waals surface area contributed by atoms with Crippen molar-refractivity contribution in [2.75, 3.05) is 13.1 Å². The lowest BCUT2D eigenvalue weighted by atomic mass is 9.84. The highest BCUT2D eigenvalue weighted by atomic mass is 16.6. The number of hydrogen-bond donors (Lipinski definition) is 0. The molecule has 1 amide bonds. The van der Waals surface area contributed by atoms with Crippen LogP contribution in [0.4, 0.5) is 4.79 Å². The van der Waals surface area contributed by atoms with Crippen molar-refractivity contribution in [3.8, 4) is 11.4 Å². The third-order valence-corrected chi connectivity index (χ3v) is 5.10. The van der Waals surface area contributed by atoms with Gasteiger partial charge in [-0.1, -0.05) is 18.2 Å². The van der Waals surface area contributed by atoms with Gasteiger partial charge in [-0.05, 0) is 32.9 Å². The first-order valence-corrected chi connectivity index (χ1v) is 9.60. The van der Waals surface area contributed by atoms with E-state index in [9.17, 15) is 9.59 Å². The standard InChI is InChI=1S/C21H25N3O4/c1-20(2,3)28-19(26)23-11-9-21(10-12-23)13-16(25)18-17(27-21)14-24(22-18)15-7-5-4-6-8-15/h4-8,14H,9-13H2,1-3H3. The number of fused-ring (bicyclic) bond motifs is 1. The van der Waals surface area contributed by atoms with Crippen LogP contribution in [0.1, 0.15) is 50.5 Å². The summed E-state index contributed by atoms with van der Waals surface area (Å²) in [5.74, 6) is 0.507. The third-order valence-electron chi connectivity index (χ3n) is 5.10. The van der Waals surface area contributed by atoms with Crippen LogP contribution in [0.3, 0.4) is 0 Å². The molecule has 0 unspecified atom stereocenters. The van der Waals surface area contributed by atoms with Gasteiger partial charge < -0.3 is 14.4 Å². The summed E-state index contributed by atoms with van der Waals surface area (Å²) >= 11 is 0. The molecule has 3 heterocycles. The highest BCUT2D eigenvalue weighted by Crippen LogP contribution is 2.39. The molecule has 4 rings (SSSR count). The van der Waals surface area contributed by atoms with E-state index < -0.39 is 11.2 Å². The molecule has 1 aromatic heterocycles. The minimum Gasteiger partial charge on any atom is -0.483 e. The zero-order valence-electron chi connectivity index (χ0n) is 16.5. The molecule has 0 aliphatic carbocycles. The number of likely N-dealkylation sites (tertiary alicyclic amines) is 1. The second kappa shape index (κ2) is 6.65. The molecule has 2 aromatic rings. The van der Waals surface area contributed by atoms with Crippen molar-refractivity contribution in [1.82, 2.24) is 14.7 Å². The lowest BCUT2D eigenvalue weighted by molar-refractivity contribution is -0.0226. The summed E-state index contributed by atoms with van der Waals surface area (Å²) in [5, 5.41) is 4.42. The average Bonchev–Trinajstić information content (AvgIpc) is 3.06. The molecule has 148 valence electrons. The number of benzene rings is 1. The fourth-order valence-electron chi connectivity index (χ4n) is 3.69. The molecule has 7 nitrogen and oxygen atoms in total. The fourth-order valence-corrected chi connectivity index (χ4v) is 3.69. The molecular formula is C21H25N3O4. The molecule has 1 spiro atoms. The van der Waals surface area contributed by atoms with Gasteiger partial charge in [0, 0.05) is 25.9 Å².